The molecule has 3 aromatic rings. The highest BCUT2D eigenvalue weighted by atomic mass is 16.5. The lowest BCUT2D eigenvalue weighted by atomic mass is 9.75. The van der Waals surface area contributed by atoms with Crippen molar-refractivity contribution in [2.45, 2.75) is 31.3 Å². The maximum Gasteiger partial charge on any atom is 0.326 e. The van der Waals surface area contributed by atoms with Crippen LogP contribution in [0.4, 0.5) is 5.82 Å². The van der Waals surface area contributed by atoms with Gasteiger partial charge in [0.15, 0.2) is 0 Å². The van der Waals surface area contributed by atoms with E-state index in [2.05, 4.69) is 5.32 Å². The van der Waals surface area contributed by atoms with Crippen LogP contribution in [-0.2, 0) is 25.5 Å². The molecule has 0 amide bonds. The van der Waals surface area contributed by atoms with Gasteiger partial charge in [-0.25, -0.2) is 4.98 Å². The zero-order chi connectivity index (χ0) is 25.4. The molecule has 0 spiro atoms. The summed E-state index contributed by atoms with van der Waals surface area (Å²) in [6.07, 6.45) is 1.97. The van der Waals surface area contributed by atoms with Crippen LogP contribution in [0.25, 0.3) is 5.65 Å². The smallest absolute Gasteiger partial charge is 0.326 e. The number of hydrogen-bond acceptors (Lipinski definition) is 8. The molecule has 1 aliphatic rings. The standard InChI is InChI=1S/C26H30N4O5/c1-25(23(32)34-4)16-26(24(33)35-5,15-17-11-7-6-8-12-17)28-20(25)19-21(29(2)3)27-18-13-9-10-14-30(18)22(19)31/h6-14,20,28H,15-16H2,1-5H3/t20-,25+,26-/m1/s1. The van der Waals surface area contributed by atoms with Crippen LogP contribution in [-0.4, -0.2) is 55.2 Å². The fourth-order valence-corrected chi connectivity index (χ4v) is 5.17. The van der Waals surface area contributed by atoms with Gasteiger partial charge in [0.1, 0.15) is 17.0 Å². The number of anilines is 1. The molecule has 0 bridgehead atoms. The summed E-state index contributed by atoms with van der Waals surface area (Å²) < 4.78 is 11.9. The van der Waals surface area contributed by atoms with Crippen LogP contribution in [0.1, 0.15) is 30.5 Å². The highest BCUT2D eigenvalue weighted by molar-refractivity contribution is 5.87. The van der Waals surface area contributed by atoms with E-state index in [-0.39, 0.29) is 24.0 Å². The summed E-state index contributed by atoms with van der Waals surface area (Å²) in [5, 5.41) is 3.37. The van der Waals surface area contributed by atoms with Crippen molar-refractivity contribution in [3.8, 4) is 0 Å². The Morgan fingerprint density at radius 2 is 1.74 bits per heavy atom. The Bertz CT molecular complexity index is 1320. The van der Waals surface area contributed by atoms with Gasteiger partial charge in [-0.05, 0) is 31.0 Å². The summed E-state index contributed by atoms with van der Waals surface area (Å²) in [6, 6.07) is 13.9. The average Bonchev–Trinajstić information content (AvgIpc) is 3.17. The highest BCUT2D eigenvalue weighted by Gasteiger charge is 2.61. The van der Waals surface area contributed by atoms with Crippen LogP contribution in [0.15, 0.2) is 59.5 Å². The number of carbonyl (C=O) groups is 2. The molecule has 2 aromatic heterocycles. The average molecular weight is 479 g/mol. The highest BCUT2D eigenvalue weighted by Crippen LogP contribution is 2.50. The molecule has 1 N–H and O–H groups in total. The lowest BCUT2D eigenvalue weighted by Crippen LogP contribution is -2.51. The van der Waals surface area contributed by atoms with Crippen molar-refractivity contribution in [2.24, 2.45) is 5.41 Å². The van der Waals surface area contributed by atoms with Gasteiger partial charge in [0, 0.05) is 26.7 Å². The fourth-order valence-electron chi connectivity index (χ4n) is 5.17. The molecule has 0 unspecified atom stereocenters. The normalized spacial score (nSPS) is 23.7. The molecule has 1 saturated heterocycles. The van der Waals surface area contributed by atoms with Gasteiger partial charge in [-0.3, -0.25) is 24.1 Å². The van der Waals surface area contributed by atoms with Gasteiger partial charge in [0.2, 0.25) is 0 Å². The molecule has 1 fully saturated rings. The van der Waals surface area contributed by atoms with Gasteiger partial charge in [-0.15, -0.1) is 0 Å². The van der Waals surface area contributed by atoms with Crippen LogP contribution in [0.3, 0.4) is 0 Å². The predicted octanol–water partition coefficient (Wildman–Crippen LogP) is 2.13. The van der Waals surface area contributed by atoms with Gasteiger partial charge in [-0.2, -0.15) is 0 Å². The first-order valence-corrected chi connectivity index (χ1v) is 11.3. The minimum absolute atomic E-state index is 0.0721. The number of aromatic nitrogens is 2. The van der Waals surface area contributed by atoms with Crippen molar-refractivity contribution in [1.82, 2.24) is 14.7 Å². The maximum atomic E-state index is 13.8. The van der Waals surface area contributed by atoms with E-state index in [0.717, 1.165) is 5.56 Å². The predicted molar refractivity (Wildman–Crippen MR) is 131 cm³/mol. The first kappa shape index (κ1) is 24.4. The Kier molecular flexibility index (Phi) is 6.38. The summed E-state index contributed by atoms with van der Waals surface area (Å²) in [4.78, 5) is 46.8. The zero-order valence-electron chi connectivity index (χ0n) is 20.6. The molecule has 0 radical (unpaired) electrons. The van der Waals surface area contributed by atoms with Crippen molar-refractivity contribution in [1.29, 1.82) is 0 Å². The molecule has 35 heavy (non-hydrogen) atoms. The summed E-state index contributed by atoms with van der Waals surface area (Å²) in [6.45, 7) is 1.71. The van der Waals surface area contributed by atoms with Crippen LogP contribution in [0.5, 0.6) is 0 Å². The topological polar surface area (TPSA) is 102 Å². The van der Waals surface area contributed by atoms with E-state index < -0.39 is 28.9 Å². The van der Waals surface area contributed by atoms with Gasteiger partial charge in [-0.1, -0.05) is 36.4 Å². The number of pyridine rings is 1. The molecular formula is C26H30N4O5. The van der Waals surface area contributed by atoms with E-state index in [1.165, 1.54) is 18.6 Å². The quantitative estimate of drug-likeness (QED) is 0.538. The number of hydrogen-bond donors (Lipinski definition) is 1. The number of benzene rings is 1. The van der Waals surface area contributed by atoms with E-state index in [1.807, 2.05) is 30.3 Å². The third-order valence-corrected chi connectivity index (χ3v) is 6.76. The number of rotatable bonds is 6. The second kappa shape index (κ2) is 9.14. The molecule has 9 heteroatoms. The Hall–Kier alpha value is -3.72. The molecule has 3 atom stereocenters. The van der Waals surface area contributed by atoms with E-state index >= 15 is 0 Å². The lowest BCUT2D eigenvalue weighted by molar-refractivity contribution is -0.153. The lowest BCUT2D eigenvalue weighted by Gasteiger charge is -2.30. The first-order chi connectivity index (χ1) is 16.7. The number of esters is 2. The Labute approximate surface area is 203 Å². The number of fused-ring (bicyclic) bond motifs is 1. The largest absolute Gasteiger partial charge is 0.469 e. The summed E-state index contributed by atoms with van der Waals surface area (Å²) in [7, 11) is 6.19. The van der Waals surface area contributed by atoms with E-state index in [9.17, 15) is 14.4 Å². The molecule has 3 heterocycles. The maximum absolute atomic E-state index is 13.8. The Balaban J connectivity index is 1.97. The SMILES string of the molecule is COC(=O)[C@@]1(Cc2ccccc2)C[C@](C)(C(=O)OC)[C@@H](c2c(N(C)C)nc3ccccn3c2=O)N1. The Morgan fingerprint density at radius 1 is 1.09 bits per heavy atom. The summed E-state index contributed by atoms with van der Waals surface area (Å²) >= 11 is 0. The summed E-state index contributed by atoms with van der Waals surface area (Å²) in [5.41, 5.74) is -1.20. The first-order valence-electron chi connectivity index (χ1n) is 11.3. The zero-order valence-corrected chi connectivity index (χ0v) is 20.6. The number of carbonyl (C=O) groups excluding carboxylic acids is 2. The number of methoxy groups -OCH3 is 2. The number of nitrogens with zero attached hydrogens (tertiary/aromatic N) is 3. The van der Waals surface area contributed by atoms with Crippen molar-refractivity contribution >= 4 is 23.4 Å². The monoisotopic (exact) mass is 478 g/mol. The van der Waals surface area contributed by atoms with Crippen LogP contribution < -0.4 is 15.8 Å². The third-order valence-electron chi connectivity index (χ3n) is 6.76. The number of ether oxygens (including phenoxy) is 2. The van der Waals surface area contributed by atoms with Gasteiger partial charge in [0.25, 0.3) is 5.56 Å². The minimum atomic E-state index is -1.27. The van der Waals surface area contributed by atoms with Crippen LogP contribution in [0.2, 0.25) is 0 Å². The molecule has 0 saturated carbocycles. The molecule has 4 rings (SSSR count). The molecule has 1 aliphatic heterocycles. The van der Waals surface area contributed by atoms with Crippen LogP contribution in [0, 0.1) is 5.41 Å². The molecule has 9 nitrogen and oxygen atoms in total. The van der Waals surface area contributed by atoms with Crippen molar-refractivity contribution < 1.29 is 19.1 Å². The van der Waals surface area contributed by atoms with E-state index in [0.29, 0.717) is 11.5 Å². The van der Waals surface area contributed by atoms with E-state index in [1.54, 1.807) is 50.3 Å². The minimum Gasteiger partial charge on any atom is -0.469 e. The van der Waals surface area contributed by atoms with Gasteiger partial charge >= 0.3 is 11.9 Å². The number of nitrogens with one attached hydrogen (secondary N) is 1. The summed E-state index contributed by atoms with van der Waals surface area (Å²) in [5.74, 6) is -0.635. The molecular weight excluding hydrogens is 448 g/mol. The van der Waals surface area contributed by atoms with Crippen molar-refractivity contribution in [3.05, 3.63) is 76.2 Å². The second-order valence-corrected chi connectivity index (χ2v) is 9.38. The Morgan fingerprint density at radius 3 is 2.37 bits per heavy atom. The van der Waals surface area contributed by atoms with Crippen molar-refractivity contribution in [3.63, 3.8) is 0 Å². The molecule has 184 valence electrons. The van der Waals surface area contributed by atoms with Gasteiger partial charge in [0.05, 0.1) is 31.2 Å². The second-order valence-electron chi connectivity index (χ2n) is 9.38. The van der Waals surface area contributed by atoms with Crippen molar-refractivity contribution in [2.75, 3.05) is 33.2 Å². The molecule has 1 aromatic carbocycles. The molecule has 0 aliphatic carbocycles. The fraction of sp³-hybridized carbons (Fsp3) is 0.385. The van der Waals surface area contributed by atoms with E-state index in [4.69, 9.17) is 14.5 Å². The van der Waals surface area contributed by atoms with Gasteiger partial charge < -0.3 is 14.4 Å². The van der Waals surface area contributed by atoms with Crippen LogP contribution >= 0.6 is 0 Å². The third kappa shape index (κ3) is 4.05.